The SMILES string of the molecule is O=C(Nc1cnc2ccccc2c1)c1ccc(-c2ccccc2)c(CN2CCCCC2)c1. The summed E-state index contributed by atoms with van der Waals surface area (Å²) >= 11 is 0. The molecule has 1 N–H and O–H groups in total. The van der Waals surface area contributed by atoms with Gasteiger partial charge in [0.1, 0.15) is 0 Å². The van der Waals surface area contributed by atoms with E-state index in [1.54, 1.807) is 6.20 Å². The molecular weight excluding hydrogens is 394 g/mol. The summed E-state index contributed by atoms with van der Waals surface area (Å²) in [5, 5.41) is 4.04. The number of nitrogens with zero attached hydrogens (tertiary/aromatic N) is 2. The van der Waals surface area contributed by atoms with Crippen LogP contribution in [-0.2, 0) is 6.54 Å². The van der Waals surface area contributed by atoms with Gasteiger partial charge < -0.3 is 5.32 Å². The van der Waals surface area contributed by atoms with E-state index in [-0.39, 0.29) is 5.91 Å². The van der Waals surface area contributed by atoms with E-state index in [9.17, 15) is 4.79 Å². The second-order valence-electron chi connectivity index (χ2n) is 8.45. The zero-order valence-corrected chi connectivity index (χ0v) is 18.1. The van der Waals surface area contributed by atoms with E-state index in [4.69, 9.17) is 0 Å². The summed E-state index contributed by atoms with van der Waals surface area (Å²) in [5.74, 6) is -0.110. The summed E-state index contributed by atoms with van der Waals surface area (Å²) in [5.41, 5.74) is 5.87. The van der Waals surface area contributed by atoms with Gasteiger partial charge in [-0.15, -0.1) is 0 Å². The van der Waals surface area contributed by atoms with Gasteiger partial charge in [-0.05, 0) is 66.9 Å². The molecule has 4 heteroatoms. The molecule has 5 rings (SSSR count). The van der Waals surface area contributed by atoms with Crippen LogP contribution in [0, 0.1) is 0 Å². The number of aromatic nitrogens is 1. The van der Waals surface area contributed by atoms with E-state index >= 15 is 0 Å². The van der Waals surface area contributed by atoms with Crippen molar-refractivity contribution in [3.63, 3.8) is 0 Å². The predicted octanol–water partition coefficient (Wildman–Crippen LogP) is 6.14. The molecule has 1 aliphatic heterocycles. The maximum atomic E-state index is 13.1. The van der Waals surface area contributed by atoms with Crippen LogP contribution in [0.25, 0.3) is 22.0 Å². The Morgan fingerprint density at radius 2 is 1.66 bits per heavy atom. The highest BCUT2D eigenvalue weighted by molar-refractivity contribution is 6.05. The molecule has 32 heavy (non-hydrogen) atoms. The molecule has 1 saturated heterocycles. The Balaban J connectivity index is 1.43. The van der Waals surface area contributed by atoms with Crippen LogP contribution in [0.3, 0.4) is 0 Å². The van der Waals surface area contributed by atoms with Gasteiger partial charge in [0.05, 0.1) is 17.4 Å². The first kappa shape index (κ1) is 20.4. The maximum absolute atomic E-state index is 13.1. The summed E-state index contributed by atoms with van der Waals surface area (Å²) in [6.45, 7) is 3.10. The van der Waals surface area contributed by atoms with Gasteiger partial charge in [0.2, 0.25) is 0 Å². The molecule has 0 atom stereocenters. The first-order valence-corrected chi connectivity index (χ1v) is 11.3. The highest BCUT2D eigenvalue weighted by Crippen LogP contribution is 2.27. The number of hydrogen-bond acceptors (Lipinski definition) is 3. The summed E-state index contributed by atoms with van der Waals surface area (Å²) in [6.07, 6.45) is 5.52. The average molecular weight is 422 g/mol. The fourth-order valence-electron chi connectivity index (χ4n) is 4.47. The molecule has 0 unspecified atom stereocenters. The van der Waals surface area contributed by atoms with Crippen LogP contribution in [0.4, 0.5) is 5.69 Å². The first-order valence-electron chi connectivity index (χ1n) is 11.3. The van der Waals surface area contributed by atoms with Gasteiger partial charge in [0.25, 0.3) is 5.91 Å². The van der Waals surface area contributed by atoms with Gasteiger partial charge in [0, 0.05) is 17.5 Å². The number of nitrogens with one attached hydrogen (secondary N) is 1. The van der Waals surface area contributed by atoms with Gasteiger partial charge in [0.15, 0.2) is 0 Å². The summed E-state index contributed by atoms with van der Waals surface area (Å²) in [4.78, 5) is 20.0. The molecule has 0 bridgehead atoms. The van der Waals surface area contributed by atoms with Gasteiger partial charge >= 0.3 is 0 Å². The molecule has 160 valence electrons. The minimum Gasteiger partial charge on any atom is -0.321 e. The number of hydrogen-bond donors (Lipinski definition) is 1. The number of rotatable bonds is 5. The molecule has 0 saturated carbocycles. The molecule has 0 aliphatic carbocycles. The van der Waals surface area contributed by atoms with Crippen LogP contribution >= 0.6 is 0 Å². The number of benzene rings is 3. The van der Waals surface area contributed by atoms with Gasteiger partial charge in [-0.2, -0.15) is 0 Å². The third kappa shape index (κ3) is 4.56. The van der Waals surface area contributed by atoms with E-state index in [0.29, 0.717) is 11.3 Å². The molecule has 1 fully saturated rings. The van der Waals surface area contributed by atoms with E-state index in [2.05, 4.69) is 51.6 Å². The molecule has 0 spiro atoms. The van der Waals surface area contributed by atoms with Crippen molar-refractivity contribution in [1.29, 1.82) is 0 Å². The normalized spacial score (nSPS) is 14.4. The quantitative estimate of drug-likeness (QED) is 0.421. The monoisotopic (exact) mass is 421 g/mol. The van der Waals surface area contributed by atoms with Crippen molar-refractivity contribution < 1.29 is 4.79 Å². The second-order valence-corrected chi connectivity index (χ2v) is 8.45. The van der Waals surface area contributed by atoms with Crippen LogP contribution in [-0.4, -0.2) is 28.9 Å². The maximum Gasteiger partial charge on any atom is 0.255 e. The van der Waals surface area contributed by atoms with Gasteiger partial charge in [-0.3, -0.25) is 14.7 Å². The molecule has 1 amide bonds. The molecular formula is C28H27N3O. The Labute approximate surface area is 188 Å². The van der Waals surface area contributed by atoms with Crippen molar-refractivity contribution in [3.8, 4) is 11.1 Å². The standard InChI is InChI=1S/C28H27N3O/c32-28(30-25-18-22-11-5-6-12-27(22)29-19-25)23-13-14-26(21-9-3-1-4-10-21)24(17-23)20-31-15-7-2-8-16-31/h1,3-6,9-14,17-19H,2,7-8,15-16,20H2,(H,30,32). The van der Waals surface area contributed by atoms with Crippen molar-refractivity contribution >= 4 is 22.5 Å². The fraction of sp³-hybridized carbons (Fsp3) is 0.214. The Morgan fingerprint density at radius 1 is 0.875 bits per heavy atom. The lowest BCUT2D eigenvalue weighted by Gasteiger charge is -2.27. The highest BCUT2D eigenvalue weighted by atomic mass is 16.1. The Hall–Kier alpha value is -3.50. The second kappa shape index (κ2) is 9.33. The summed E-state index contributed by atoms with van der Waals surface area (Å²) in [6, 6.07) is 26.4. The summed E-state index contributed by atoms with van der Waals surface area (Å²) < 4.78 is 0. The number of amides is 1. The van der Waals surface area contributed by atoms with Crippen molar-refractivity contribution in [1.82, 2.24) is 9.88 Å². The Kier molecular flexibility index (Phi) is 5.95. The van der Waals surface area contributed by atoms with Gasteiger partial charge in [-0.1, -0.05) is 61.0 Å². The van der Waals surface area contributed by atoms with Gasteiger partial charge in [-0.25, -0.2) is 0 Å². The van der Waals surface area contributed by atoms with Crippen LogP contribution in [0.2, 0.25) is 0 Å². The number of carbonyl (C=O) groups excluding carboxylic acids is 1. The van der Waals surface area contributed by atoms with E-state index in [1.807, 2.05) is 42.5 Å². The lowest BCUT2D eigenvalue weighted by Crippen LogP contribution is -2.29. The largest absolute Gasteiger partial charge is 0.321 e. The zero-order valence-electron chi connectivity index (χ0n) is 18.1. The number of fused-ring (bicyclic) bond motifs is 1. The van der Waals surface area contributed by atoms with Crippen LogP contribution in [0.5, 0.6) is 0 Å². The van der Waals surface area contributed by atoms with E-state index < -0.39 is 0 Å². The Morgan fingerprint density at radius 3 is 2.50 bits per heavy atom. The minimum atomic E-state index is -0.110. The smallest absolute Gasteiger partial charge is 0.255 e. The Bertz CT molecular complexity index is 1230. The minimum absolute atomic E-state index is 0.110. The molecule has 3 aromatic carbocycles. The first-order chi connectivity index (χ1) is 15.8. The van der Waals surface area contributed by atoms with Crippen molar-refractivity contribution in [2.24, 2.45) is 0 Å². The molecule has 1 aliphatic rings. The lowest BCUT2D eigenvalue weighted by atomic mass is 9.96. The average Bonchev–Trinajstić information content (AvgIpc) is 2.85. The topological polar surface area (TPSA) is 45.2 Å². The predicted molar refractivity (Wildman–Crippen MR) is 131 cm³/mol. The fourth-order valence-corrected chi connectivity index (χ4v) is 4.47. The number of likely N-dealkylation sites (tertiary alicyclic amines) is 1. The molecule has 4 aromatic rings. The number of para-hydroxylation sites is 1. The number of pyridine rings is 1. The third-order valence-corrected chi connectivity index (χ3v) is 6.14. The van der Waals surface area contributed by atoms with Crippen molar-refractivity contribution in [2.45, 2.75) is 25.8 Å². The summed E-state index contributed by atoms with van der Waals surface area (Å²) in [7, 11) is 0. The third-order valence-electron chi connectivity index (χ3n) is 6.14. The highest BCUT2D eigenvalue weighted by Gasteiger charge is 2.16. The lowest BCUT2D eigenvalue weighted by molar-refractivity contribution is 0.102. The van der Waals surface area contributed by atoms with Crippen LogP contribution < -0.4 is 5.32 Å². The molecule has 2 heterocycles. The van der Waals surface area contributed by atoms with Crippen LogP contribution in [0.1, 0.15) is 35.2 Å². The van der Waals surface area contributed by atoms with E-state index in [1.165, 1.54) is 36.0 Å². The molecule has 1 aromatic heterocycles. The number of carbonyl (C=O) groups is 1. The zero-order chi connectivity index (χ0) is 21.8. The van der Waals surface area contributed by atoms with E-state index in [0.717, 1.165) is 30.5 Å². The van der Waals surface area contributed by atoms with Crippen molar-refractivity contribution in [3.05, 3.63) is 96.2 Å². The van der Waals surface area contributed by atoms with Crippen molar-refractivity contribution in [2.75, 3.05) is 18.4 Å². The number of piperidine rings is 1. The molecule has 4 nitrogen and oxygen atoms in total. The number of anilines is 1. The van der Waals surface area contributed by atoms with Crippen LogP contribution in [0.15, 0.2) is 85.1 Å². The molecule has 0 radical (unpaired) electrons.